The molecule has 2 heterocycles. The summed E-state index contributed by atoms with van der Waals surface area (Å²) >= 11 is 0. The molecule has 1 aliphatic rings. The maximum Gasteiger partial charge on any atom is 0.339 e. The first-order valence-corrected chi connectivity index (χ1v) is 5.59. The molecule has 1 aromatic carbocycles. The molecule has 0 saturated carbocycles. The van der Waals surface area contributed by atoms with Crippen molar-refractivity contribution < 1.29 is 14.3 Å². The third kappa shape index (κ3) is 1.54. The van der Waals surface area contributed by atoms with E-state index in [0.717, 1.165) is 11.1 Å². The number of methoxy groups -OCH3 is 1. The Kier molecular flexibility index (Phi) is 2.48. The molecule has 0 bridgehead atoms. The number of hydrogen-bond acceptors (Lipinski definition) is 4. The third-order valence-corrected chi connectivity index (χ3v) is 3.00. The van der Waals surface area contributed by atoms with Crippen molar-refractivity contribution >= 4 is 5.97 Å². The monoisotopic (exact) mass is 241 g/mol. The first-order chi connectivity index (χ1) is 8.81. The lowest BCUT2D eigenvalue weighted by atomic mass is 9.99. The smallest absolute Gasteiger partial charge is 0.339 e. The number of ether oxygens (including phenoxy) is 2. The molecule has 4 nitrogen and oxygen atoms in total. The van der Waals surface area contributed by atoms with Gasteiger partial charge in [0.1, 0.15) is 5.75 Å². The fourth-order valence-corrected chi connectivity index (χ4v) is 2.17. The standard InChI is InChI=1S/C14H11NO3/c1-17-11-4-2-3-10-12(11)13(18-14(10)16)9-5-7-15-8-6-9/h2-8,13H,1H3. The zero-order valence-electron chi connectivity index (χ0n) is 9.79. The van der Waals surface area contributed by atoms with Crippen LogP contribution in [0.1, 0.15) is 27.6 Å². The molecule has 1 atom stereocenters. The molecule has 0 fully saturated rings. The Morgan fingerprint density at radius 2 is 2.00 bits per heavy atom. The van der Waals surface area contributed by atoms with Crippen LogP contribution in [-0.4, -0.2) is 18.1 Å². The van der Waals surface area contributed by atoms with Gasteiger partial charge in [-0.3, -0.25) is 4.98 Å². The Balaban J connectivity index is 2.16. The molecule has 0 saturated heterocycles. The summed E-state index contributed by atoms with van der Waals surface area (Å²) < 4.78 is 10.7. The molecule has 1 aromatic heterocycles. The lowest BCUT2D eigenvalue weighted by Crippen LogP contribution is -2.01. The summed E-state index contributed by atoms with van der Waals surface area (Å²) in [5.41, 5.74) is 2.24. The van der Waals surface area contributed by atoms with E-state index >= 15 is 0 Å². The summed E-state index contributed by atoms with van der Waals surface area (Å²) in [6.07, 6.45) is 2.94. The van der Waals surface area contributed by atoms with Gasteiger partial charge >= 0.3 is 5.97 Å². The maximum absolute atomic E-state index is 11.8. The molecule has 90 valence electrons. The SMILES string of the molecule is COc1cccc2c1C(c1ccncc1)OC2=O. The highest BCUT2D eigenvalue weighted by atomic mass is 16.6. The molecule has 0 aliphatic carbocycles. The molecule has 0 N–H and O–H groups in total. The Hall–Kier alpha value is -2.36. The van der Waals surface area contributed by atoms with Crippen LogP contribution in [0.15, 0.2) is 42.7 Å². The second-order valence-electron chi connectivity index (χ2n) is 3.99. The predicted octanol–water partition coefficient (Wildman–Crippen LogP) is 2.35. The van der Waals surface area contributed by atoms with Crippen LogP contribution in [0.4, 0.5) is 0 Å². The summed E-state index contributed by atoms with van der Waals surface area (Å²) in [5.74, 6) is 0.353. The summed E-state index contributed by atoms with van der Waals surface area (Å²) in [6.45, 7) is 0. The Morgan fingerprint density at radius 3 is 2.72 bits per heavy atom. The van der Waals surface area contributed by atoms with E-state index in [-0.39, 0.29) is 5.97 Å². The molecular formula is C14H11NO3. The molecule has 2 aromatic rings. The highest BCUT2D eigenvalue weighted by molar-refractivity contribution is 5.95. The van der Waals surface area contributed by atoms with Crippen LogP contribution in [0, 0.1) is 0 Å². The number of aromatic nitrogens is 1. The van der Waals surface area contributed by atoms with Crippen molar-refractivity contribution in [2.75, 3.05) is 7.11 Å². The number of fused-ring (bicyclic) bond motifs is 1. The molecule has 1 aliphatic heterocycles. The molecular weight excluding hydrogens is 230 g/mol. The average molecular weight is 241 g/mol. The zero-order valence-corrected chi connectivity index (χ0v) is 9.79. The van der Waals surface area contributed by atoms with Gasteiger partial charge in [-0.25, -0.2) is 4.79 Å². The first-order valence-electron chi connectivity index (χ1n) is 5.59. The summed E-state index contributed by atoms with van der Waals surface area (Å²) in [6, 6.07) is 9.03. The molecule has 3 rings (SSSR count). The summed E-state index contributed by atoms with van der Waals surface area (Å²) in [7, 11) is 1.59. The van der Waals surface area contributed by atoms with E-state index in [1.807, 2.05) is 18.2 Å². The number of esters is 1. The van der Waals surface area contributed by atoms with Crippen molar-refractivity contribution in [1.29, 1.82) is 0 Å². The van der Waals surface area contributed by atoms with Gasteiger partial charge in [-0.2, -0.15) is 0 Å². The van der Waals surface area contributed by atoms with Gasteiger partial charge in [-0.1, -0.05) is 6.07 Å². The van der Waals surface area contributed by atoms with Gasteiger partial charge in [-0.05, 0) is 24.3 Å². The van der Waals surface area contributed by atoms with Crippen molar-refractivity contribution in [1.82, 2.24) is 4.98 Å². The number of rotatable bonds is 2. The van der Waals surface area contributed by atoms with Crippen molar-refractivity contribution in [2.45, 2.75) is 6.10 Å². The molecule has 0 spiro atoms. The van der Waals surface area contributed by atoms with Gasteiger partial charge in [0.2, 0.25) is 0 Å². The van der Waals surface area contributed by atoms with E-state index in [1.165, 1.54) is 0 Å². The van der Waals surface area contributed by atoms with Crippen LogP contribution < -0.4 is 4.74 Å². The fourth-order valence-electron chi connectivity index (χ4n) is 2.17. The van der Waals surface area contributed by atoms with E-state index in [0.29, 0.717) is 11.3 Å². The fraction of sp³-hybridized carbons (Fsp3) is 0.143. The maximum atomic E-state index is 11.8. The molecule has 18 heavy (non-hydrogen) atoms. The van der Waals surface area contributed by atoms with E-state index in [2.05, 4.69) is 4.98 Å². The van der Waals surface area contributed by atoms with E-state index < -0.39 is 6.10 Å². The number of benzene rings is 1. The Morgan fingerprint density at radius 1 is 1.22 bits per heavy atom. The van der Waals surface area contributed by atoms with E-state index in [9.17, 15) is 4.79 Å². The first kappa shape index (κ1) is 10.8. The van der Waals surface area contributed by atoms with Crippen LogP contribution in [0.3, 0.4) is 0 Å². The van der Waals surface area contributed by atoms with Crippen molar-refractivity contribution in [2.24, 2.45) is 0 Å². The molecule has 0 radical (unpaired) electrons. The van der Waals surface area contributed by atoms with Gasteiger partial charge in [0.05, 0.1) is 18.2 Å². The van der Waals surface area contributed by atoms with Crippen LogP contribution >= 0.6 is 0 Å². The van der Waals surface area contributed by atoms with Crippen LogP contribution in [0.2, 0.25) is 0 Å². The molecule has 0 amide bonds. The summed E-state index contributed by atoms with van der Waals surface area (Å²) in [5, 5.41) is 0. The minimum absolute atomic E-state index is 0.314. The second-order valence-corrected chi connectivity index (χ2v) is 3.99. The minimum atomic E-state index is -0.411. The normalized spacial score (nSPS) is 17.2. The zero-order chi connectivity index (χ0) is 12.5. The number of cyclic esters (lactones) is 1. The van der Waals surface area contributed by atoms with Crippen LogP contribution in [-0.2, 0) is 4.74 Å². The van der Waals surface area contributed by atoms with Crippen LogP contribution in [0.5, 0.6) is 5.75 Å². The van der Waals surface area contributed by atoms with Gasteiger partial charge in [0.15, 0.2) is 6.10 Å². The van der Waals surface area contributed by atoms with Crippen LogP contribution in [0.25, 0.3) is 0 Å². The second kappa shape index (κ2) is 4.14. The van der Waals surface area contributed by atoms with E-state index in [4.69, 9.17) is 9.47 Å². The van der Waals surface area contributed by atoms with Gasteiger partial charge in [0, 0.05) is 18.0 Å². The van der Waals surface area contributed by atoms with Gasteiger partial charge in [0.25, 0.3) is 0 Å². The quantitative estimate of drug-likeness (QED) is 0.757. The highest BCUT2D eigenvalue weighted by Gasteiger charge is 2.34. The minimum Gasteiger partial charge on any atom is -0.496 e. The largest absolute Gasteiger partial charge is 0.496 e. The lowest BCUT2D eigenvalue weighted by molar-refractivity contribution is 0.0454. The topological polar surface area (TPSA) is 48.4 Å². The number of carbonyl (C=O) groups is 1. The van der Waals surface area contributed by atoms with E-state index in [1.54, 1.807) is 31.6 Å². The Bertz CT molecular complexity index is 595. The lowest BCUT2D eigenvalue weighted by Gasteiger charge is -2.13. The van der Waals surface area contributed by atoms with Crippen molar-refractivity contribution in [3.05, 3.63) is 59.4 Å². The number of hydrogen-bond donors (Lipinski definition) is 0. The van der Waals surface area contributed by atoms with Crippen molar-refractivity contribution in [3.63, 3.8) is 0 Å². The van der Waals surface area contributed by atoms with Gasteiger partial charge in [-0.15, -0.1) is 0 Å². The molecule has 1 unspecified atom stereocenters. The average Bonchev–Trinajstić information content (AvgIpc) is 2.77. The number of pyridine rings is 1. The molecule has 4 heteroatoms. The number of carbonyl (C=O) groups excluding carboxylic acids is 1. The predicted molar refractivity (Wildman–Crippen MR) is 64.5 cm³/mol. The number of nitrogens with zero attached hydrogens (tertiary/aromatic N) is 1. The highest BCUT2D eigenvalue weighted by Crippen LogP contribution is 2.40. The van der Waals surface area contributed by atoms with Crippen molar-refractivity contribution in [3.8, 4) is 5.75 Å². The summed E-state index contributed by atoms with van der Waals surface area (Å²) in [4.78, 5) is 15.8. The Labute approximate surface area is 104 Å². The van der Waals surface area contributed by atoms with Gasteiger partial charge < -0.3 is 9.47 Å². The third-order valence-electron chi connectivity index (χ3n) is 3.00.